The smallest absolute Gasteiger partial charge is 0.282 e. The summed E-state index contributed by atoms with van der Waals surface area (Å²) in [5.74, 6) is -0.468. The van der Waals surface area contributed by atoms with Gasteiger partial charge in [-0.1, -0.05) is 30.3 Å². The molecule has 0 aliphatic rings. The Hall–Kier alpha value is -2.69. The number of nitro groups is 1. The minimum atomic E-state index is -0.542. The van der Waals surface area contributed by atoms with Gasteiger partial charge in [0.2, 0.25) is 0 Å². The first-order chi connectivity index (χ1) is 9.50. The van der Waals surface area contributed by atoms with Crippen LogP contribution in [0, 0.1) is 24.0 Å². The number of rotatable bonds is 3. The van der Waals surface area contributed by atoms with E-state index in [1.807, 2.05) is 19.1 Å². The second kappa shape index (κ2) is 5.52. The molecule has 2 aromatic rings. The number of carbonyl (C=O) groups is 1. The van der Waals surface area contributed by atoms with Gasteiger partial charge in [-0.2, -0.15) is 0 Å². The Bertz CT molecular complexity index is 681. The van der Waals surface area contributed by atoms with E-state index in [1.54, 1.807) is 31.2 Å². The lowest BCUT2D eigenvalue weighted by Crippen LogP contribution is -2.16. The monoisotopic (exact) mass is 270 g/mol. The van der Waals surface area contributed by atoms with E-state index in [4.69, 9.17) is 0 Å². The lowest BCUT2D eigenvalue weighted by Gasteiger charge is -2.10. The van der Waals surface area contributed by atoms with Gasteiger partial charge in [-0.3, -0.25) is 14.9 Å². The van der Waals surface area contributed by atoms with E-state index in [2.05, 4.69) is 5.32 Å². The number of nitro benzene ring substituents is 1. The van der Waals surface area contributed by atoms with Crippen molar-refractivity contribution in [2.45, 2.75) is 13.8 Å². The van der Waals surface area contributed by atoms with Gasteiger partial charge in [0.1, 0.15) is 5.56 Å². The lowest BCUT2D eigenvalue weighted by molar-refractivity contribution is -0.385. The standard InChI is InChI=1S/C15H14N2O3/c1-10-6-3-4-8-12(10)16-15(18)14-11(2)7-5-9-13(14)17(19)20/h3-9H,1-2H3,(H,16,18). The molecule has 0 unspecified atom stereocenters. The van der Waals surface area contributed by atoms with Gasteiger partial charge in [0, 0.05) is 11.8 Å². The number of amides is 1. The first-order valence-electron chi connectivity index (χ1n) is 6.11. The average molecular weight is 270 g/mol. The van der Waals surface area contributed by atoms with Crippen LogP contribution >= 0.6 is 0 Å². The van der Waals surface area contributed by atoms with Crippen molar-refractivity contribution in [2.75, 3.05) is 5.32 Å². The van der Waals surface area contributed by atoms with E-state index < -0.39 is 10.8 Å². The summed E-state index contributed by atoms with van der Waals surface area (Å²) in [4.78, 5) is 22.8. The van der Waals surface area contributed by atoms with Crippen LogP contribution in [0.15, 0.2) is 42.5 Å². The minimum absolute atomic E-state index is 0.0979. The fraction of sp³-hybridized carbons (Fsp3) is 0.133. The first-order valence-corrected chi connectivity index (χ1v) is 6.11. The maximum atomic E-state index is 12.3. The summed E-state index contributed by atoms with van der Waals surface area (Å²) in [7, 11) is 0. The molecule has 5 nitrogen and oxygen atoms in total. The Balaban J connectivity index is 2.40. The van der Waals surface area contributed by atoms with Crippen LogP contribution in [0.1, 0.15) is 21.5 Å². The number of nitrogens with one attached hydrogen (secondary N) is 1. The molecule has 20 heavy (non-hydrogen) atoms. The number of hydrogen-bond donors (Lipinski definition) is 1. The molecule has 0 fully saturated rings. The van der Waals surface area contributed by atoms with Gasteiger partial charge in [-0.25, -0.2) is 0 Å². The molecule has 0 saturated heterocycles. The second-order valence-corrected chi connectivity index (χ2v) is 4.50. The van der Waals surface area contributed by atoms with Crippen molar-refractivity contribution in [2.24, 2.45) is 0 Å². The van der Waals surface area contributed by atoms with Crippen LogP contribution in [-0.2, 0) is 0 Å². The van der Waals surface area contributed by atoms with Crippen LogP contribution in [-0.4, -0.2) is 10.8 Å². The second-order valence-electron chi connectivity index (χ2n) is 4.50. The Kier molecular flexibility index (Phi) is 3.79. The molecule has 0 aliphatic carbocycles. The highest BCUT2D eigenvalue weighted by Crippen LogP contribution is 2.24. The van der Waals surface area contributed by atoms with Gasteiger partial charge in [-0.05, 0) is 31.0 Å². The quantitative estimate of drug-likeness (QED) is 0.685. The lowest BCUT2D eigenvalue weighted by atomic mass is 10.1. The maximum absolute atomic E-state index is 12.3. The first kappa shape index (κ1) is 13.7. The van der Waals surface area contributed by atoms with Crippen molar-refractivity contribution < 1.29 is 9.72 Å². The summed E-state index contributed by atoms with van der Waals surface area (Å²) >= 11 is 0. The van der Waals surface area contributed by atoms with E-state index in [0.717, 1.165) is 5.56 Å². The fourth-order valence-electron chi connectivity index (χ4n) is 2.00. The molecule has 0 bridgehead atoms. The summed E-state index contributed by atoms with van der Waals surface area (Å²) in [6.45, 7) is 3.54. The van der Waals surface area contributed by atoms with E-state index in [9.17, 15) is 14.9 Å². The SMILES string of the molecule is Cc1ccccc1NC(=O)c1c(C)cccc1[N+](=O)[O-]. The van der Waals surface area contributed by atoms with Crippen molar-refractivity contribution in [3.63, 3.8) is 0 Å². The van der Waals surface area contributed by atoms with Crippen LogP contribution in [0.2, 0.25) is 0 Å². The van der Waals surface area contributed by atoms with Gasteiger partial charge in [0.15, 0.2) is 0 Å². The van der Waals surface area contributed by atoms with Crippen molar-refractivity contribution in [1.82, 2.24) is 0 Å². The average Bonchev–Trinajstić information content (AvgIpc) is 2.40. The molecule has 0 aliphatic heterocycles. The number of anilines is 1. The third-order valence-corrected chi connectivity index (χ3v) is 3.07. The van der Waals surface area contributed by atoms with Crippen molar-refractivity contribution >= 4 is 17.3 Å². The molecule has 1 amide bonds. The van der Waals surface area contributed by atoms with Gasteiger partial charge >= 0.3 is 0 Å². The molecule has 0 heterocycles. The largest absolute Gasteiger partial charge is 0.322 e. The van der Waals surface area contributed by atoms with Gasteiger partial charge < -0.3 is 5.32 Å². The maximum Gasteiger partial charge on any atom is 0.282 e. The Labute approximate surface area is 116 Å². The zero-order valence-corrected chi connectivity index (χ0v) is 11.2. The molecular weight excluding hydrogens is 256 g/mol. The van der Waals surface area contributed by atoms with Crippen molar-refractivity contribution in [1.29, 1.82) is 0 Å². The molecule has 5 heteroatoms. The van der Waals surface area contributed by atoms with Gasteiger partial charge in [0.05, 0.1) is 4.92 Å². The molecular formula is C15H14N2O3. The predicted molar refractivity (Wildman–Crippen MR) is 77.0 cm³/mol. The van der Waals surface area contributed by atoms with Crippen LogP contribution in [0.25, 0.3) is 0 Å². The Morgan fingerprint density at radius 1 is 1.05 bits per heavy atom. The summed E-state index contributed by atoms with van der Waals surface area (Å²) in [6.07, 6.45) is 0. The zero-order valence-electron chi connectivity index (χ0n) is 11.2. The van der Waals surface area contributed by atoms with Crippen molar-refractivity contribution in [3.8, 4) is 0 Å². The molecule has 0 radical (unpaired) electrons. The number of para-hydroxylation sites is 1. The van der Waals surface area contributed by atoms with Gasteiger partial charge in [-0.15, -0.1) is 0 Å². The zero-order chi connectivity index (χ0) is 14.7. The molecule has 2 rings (SSSR count). The van der Waals surface area contributed by atoms with Crippen LogP contribution in [0.3, 0.4) is 0 Å². The van der Waals surface area contributed by atoms with E-state index in [0.29, 0.717) is 11.3 Å². The summed E-state index contributed by atoms with van der Waals surface area (Å²) < 4.78 is 0. The normalized spacial score (nSPS) is 10.1. The number of nitrogens with zero attached hydrogens (tertiary/aromatic N) is 1. The molecule has 0 atom stereocenters. The van der Waals surface area contributed by atoms with Crippen LogP contribution < -0.4 is 5.32 Å². The minimum Gasteiger partial charge on any atom is -0.322 e. The molecule has 0 saturated carbocycles. The summed E-state index contributed by atoms with van der Waals surface area (Å²) in [5.41, 5.74) is 2.04. The Morgan fingerprint density at radius 3 is 2.35 bits per heavy atom. The third-order valence-electron chi connectivity index (χ3n) is 3.07. The van der Waals surface area contributed by atoms with E-state index >= 15 is 0 Å². The number of aryl methyl sites for hydroxylation is 2. The number of carbonyl (C=O) groups excluding carboxylic acids is 1. The number of hydrogen-bond acceptors (Lipinski definition) is 3. The highest BCUT2D eigenvalue weighted by Gasteiger charge is 2.22. The highest BCUT2D eigenvalue weighted by atomic mass is 16.6. The highest BCUT2D eigenvalue weighted by molar-refractivity contribution is 6.08. The molecule has 102 valence electrons. The van der Waals surface area contributed by atoms with Crippen LogP contribution in [0.5, 0.6) is 0 Å². The predicted octanol–water partition coefficient (Wildman–Crippen LogP) is 3.46. The molecule has 2 aromatic carbocycles. The summed E-state index contributed by atoms with van der Waals surface area (Å²) in [5, 5.41) is 13.7. The van der Waals surface area contributed by atoms with Gasteiger partial charge in [0.25, 0.3) is 11.6 Å². The Morgan fingerprint density at radius 2 is 1.70 bits per heavy atom. The topological polar surface area (TPSA) is 72.2 Å². The number of benzene rings is 2. The molecule has 0 spiro atoms. The van der Waals surface area contributed by atoms with Crippen LogP contribution in [0.4, 0.5) is 11.4 Å². The molecule has 0 aromatic heterocycles. The fourth-order valence-corrected chi connectivity index (χ4v) is 2.00. The van der Waals surface area contributed by atoms with Crippen molar-refractivity contribution in [3.05, 3.63) is 69.3 Å². The van der Waals surface area contributed by atoms with E-state index in [-0.39, 0.29) is 11.3 Å². The third kappa shape index (κ3) is 2.66. The summed E-state index contributed by atoms with van der Waals surface area (Å²) in [6, 6.07) is 11.9. The van der Waals surface area contributed by atoms with E-state index in [1.165, 1.54) is 6.07 Å². The molecule has 1 N–H and O–H groups in total.